The summed E-state index contributed by atoms with van der Waals surface area (Å²) in [5, 5.41) is 94.8. The zero-order chi connectivity index (χ0) is 90.7. The molecule has 9 rings (SSSR count). The highest BCUT2D eigenvalue weighted by Gasteiger charge is 2.58. The van der Waals surface area contributed by atoms with E-state index in [0.29, 0.717) is 30.7 Å². The molecule has 4 fully saturated rings. The zero-order valence-electron chi connectivity index (χ0n) is 66.7. The van der Waals surface area contributed by atoms with E-state index in [-0.39, 0.29) is 20.6 Å². The van der Waals surface area contributed by atoms with Gasteiger partial charge in [0.05, 0.1) is 48.8 Å². The summed E-state index contributed by atoms with van der Waals surface area (Å²) in [6.07, 6.45) is -21.6. The molecule has 0 spiro atoms. The summed E-state index contributed by atoms with van der Waals surface area (Å²) in [5.41, 5.74) is -17.9. The Balaban J connectivity index is 0.000000343. The number of ether oxygens (including phenoxy) is 5. The van der Waals surface area contributed by atoms with E-state index in [1.54, 1.807) is 42.0 Å². The molecule has 4 aliphatic rings. The SMILES string of the molecule is C.C.[2H]c1cn(C2OC(C([2H])([2H])O)[C@@H](O)[C@@]2(C)O)c(=O)[nH]c1=O.[2H]c1cn(C2OC(C([2H])([2H])OP(=O)(N[C@@H](C)C(=O)OC(C)C)Oc3ccccc3)[C@@H](O)[C@@]2(C)O)c(=O)[nH]c1=O.[2H]c1cn(C2OC(C([2H])([2H])OP(=O)(O)O)[C@@H](O)[C@@]2(C)O)c(=O)[nH]c1=O.[2H]c1cn(C2OC(C([2H])([2H])OP(=O)(O)OP(=O)(O)OP(=O)(O)O)[C@@H](O)[C@@]2(C)O)c(=O)[nH]c1=O. The van der Waals surface area contributed by atoms with E-state index in [1.165, 1.54) is 19.1 Å². The van der Waals surface area contributed by atoms with Crippen LogP contribution in [-0.4, -0.2) is 229 Å². The number of H-pyrrole nitrogens is 4. The van der Waals surface area contributed by atoms with Crippen molar-refractivity contribution in [3.8, 4) is 5.75 Å². The van der Waals surface area contributed by atoms with Gasteiger partial charge in [-0.2, -0.15) is 13.7 Å². The van der Waals surface area contributed by atoms with Crippen LogP contribution in [-0.2, 0) is 73.5 Å². The Bertz CT molecular complexity index is 5290. The minimum Gasteiger partial charge on any atom is -0.462 e. The van der Waals surface area contributed by atoms with Crippen LogP contribution in [0.25, 0.3) is 0 Å². The van der Waals surface area contributed by atoms with Crippen LogP contribution in [0.5, 0.6) is 5.75 Å². The third kappa shape index (κ3) is 24.2. The van der Waals surface area contributed by atoms with Gasteiger partial charge in [-0.15, -0.1) is 0 Å². The fraction of sp³-hybridized carbons (Fsp3) is 0.574. The van der Waals surface area contributed by atoms with Crippen LogP contribution in [0.1, 0.15) is 105 Å². The first-order valence-corrected chi connectivity index (χ1v) is 36.7. The molecule has 0 aliphatic carbocycles. The van der Waals surface area contributed by atoms with Crippen molar-refractivity contribution in [1.29, 1.82) is 0 Å². The number of aliphatic hydroxyl groups excluding tert-OH is 4. The third-order valence-electron chi connectivity index (χ3n) is 14.2. The molecule has 610 valence electrons. The number of phosphoric acid groups is 4. The quantitative estimate of drug-likeness (QED) is 0.0203. The van der Waals surface area contributed by atoms with Crippen LogP contribution in [0.3, 0.4) is 0 Å². The summed E-state index contributed by atoms with van der Waals surface area (Å²) in [7, 11) is -27.9. The van der Waals surface area contributed by atoms with Gasteiger partial charge in [-0.25, -0.2) is 42.0 Å². The van der Waals surface area contributed by atoms with Crippen LogP contribution < -0.4 is 54.6 Å². The standard InChI is InChI=1S/C22H30N3O10P.C10H17N2O15P3.C10H15N2O9P.C10H14N2O6.2CH4/c1-13(2)33-19(28)14(3)24-36(31,35-15-8-6-5-7-9-15)32-12-16-18(27)22(4,30)20(34-16)25-11-10-17(26)23-21(25)29;1-10(16)7(14)5(25-8(10)12-3-2-6(13)11-9(12)15)4-24-29(20,21)27-30(22,23)26-28(17,18)19;1-10(16)7(14)5(4-20-22(17,18)19)21-8(10)12-3-2-6(13)11-9(12)15;1-10(17)7(15)5(4-13)18-8(10)12-3-2-6(14)11-9(12)16;;/h5-11,13-14,16,18,20,27,30H,12H2,1-4H3,(H,24,31)(H,23,26,29);2-3,5,7-8,14,16H,4H2,1H3,(H,20,21)(H,22,23)(H,11,13,15)(H2,17,18,19);2-3,5,7-8,14,16H,4H2,1H3,(H,11,13,15)(H2,17,18,19);2-3,5,7-8,13,15,17H,4H2,1H3,(H,11,14,16);2*1H4/t14-,16?,18+,20?,22+,36?;3*5?,7-,8?,10-;;/m0111../s1/i10D,12D2;3*2D,4D2;;. The zero-order valence-corrected chi connectivity index (χ0v) is 59.2. The molecule has 4 saturated heterocycles. The van der Waals surface area contributed by atoms with Crippen molar-refractivity contribution in [1.82, 2.24) is 43.3 Å². The van der Waals surface area contributed by atoms with E-state index in [9.17, 15) is 117 Å². The highest BCUT2D eigenvalue weighted by Crippen LogP contribution is 2.66. The molecule has 54 heteroatoms. The highest BCUT2D eigenvalue weighted by molar-refractivity contribution is 7.66. The molecule has 4 aliphatic heterocycles. The molecular formula is C54H84N9O40P5. The van der Waals surface area contributed by atoms with Gasteiger partial charge in [0.2, 0.25) is 0 Å². The summed E-state index contributed by atoms with van der Waals surface area (Å²) >= 11 is 0. The molecule has 0 amide bonds. The average molecular weight is 1670 g/mol. The number of para-hydroxylation sites is 1. The Morgan fingerprint density at radius 2 is 0.833 bits per heavy atom. The van der Waals surface area contributed by atoms with Crippen LogP contribution in [0.4, 0.5) is 0 Å². The maximum absolute atomic E-state index is 13.8. The molecule has 4 aromatic heterocycles. The van der Waals surface area contributed by atoms with E-state index in [4.69, 9.17) is 73.6 Å². The lowest BCUT2D eigenvalue weighted by atomic mass is 9.96. The fourth-order valence-electron chi connectivity index (χ4n) is 9.19. The average Bonchev–Trinajstić information content (AvgIpc) is 1.60. The van der Waals surface area contributed by atoms with Gasteiger partial charge >= 0.3 is 67.8 Å². The van der Waals surface area contributed by atoms with Gasteiger partial charge in [0.15, 0.2) is 24.9 Å². The summed E-state index contributed by atoms with van der Waals surface area (Å²) in [4.78, 5) is 166. The Kier molecular flexibility index (Phi) is 25.6. The van der Waals surface area contributed by atoms with Crippen molar-refractivity contribution in [3.63, 3.8) is 0 Å². The third-order valence-corrected chi connectivity index (χ3v) is 19.8. The largest absolute Gasteiger partial charge is 0.490 e. The molecule has 0 saturated carbocycles. The summed E-state index contributed by atoms with van der Waals surface area (Å²) < 4.78 is 204. The molecule has 5 aromatic rings. The number of phosphoric ester groups is 2. The molecule has 20 atom stereocenters. The topological polar surface area (TPSA) is 739 Å². The lowest BCUT2D eigenvalue weighted by molar-refractivity contribution is -0.149. The number of aromatic nitrogens is 8. The normalized spacial score (nSPS) is 32.2. The van der Waals surface area contributed by atoms with Crippen molar-refractivity contribution >= 4 is 45.0 Å². The Morgan fingerprint density at radius 3 is 1.14 bits per heavy atom. The first-order chi connectivity index (χ1) is 53.2. The number of carbonyl (C=O) groups excluding carboxylic acids is 1. The van der Waals surface area contributed by atoms with Gasteiger partial charge < -0.3 is 104 Å². The second-order valence-corrected chi connectivity index (χ2v) is 30.3. The molecule has 49 nitrogen and oxygen atoms in total. The number of esters is 1. The molecule has 0 bridgehead atoms. The Morgan fingerprint density at radius 1 is 0.519 bits per heavy atom. The van der Waals surface area contributed by atoms with E-state index in [0.717, 1.165) is 40.1 Å². The number of rotatable bonds is 24. The van der Waals surface area contributed by atoms with Gasteiger partial charge in [0.1, 0.15) is 83.0 Å². The van der Waals surface area contributed by atoms with E-state index in [1.807, 2.05) is 9.97 Å². The van der Waals surface area contributed by atoms with Gasteiger partial charge in [0.25, 0.3) is 22.2 Å². The molecule has 1 aromatic carbocycles. The maximum atomic E-state index is 13.8. The van der Waals surface area contributed by atoms with Crippen LogP contribution in [0.15, 0.2) is 118 Å². The van der Waals surface area contributed by atoms with E-state index < -0.39 is 249 Å². The van der Waals surface area contributed by atoms with Gasteiger partial charge in [-0.05, 0) is 60.6 Å². The predicted molar refractivity (Wildman–Crippen MR) is 360 cm³/mol. The molecule has 20 N–H and O–H groups in total. The molecule has 108 heavy (non-hydrogen) atoms. The summed E-state index contributed by atoms with van der Waals surface area (Å²) in [5.74, 6) is -0.857. The number of nitrogens with zero attached hydrogens (tertiary/aromatic N) is 4. The minimum absolute atomic E-state index is 0. The number of aliphatic hydroxyl groups is 9. The maximum Gasteiger partial charge on any atom is 0.490 e. The molecule has 11 unspecified atom stereocenters. The Hall–Kier alpha value is -6.64. The van der Waals surface area contributed by atoms with Crippen LogP contribution >= 0.6 is 39.0 Å². The lowest BCUT2D eigenvalue weighted by Crippen LogP contribution is -2.47. The number of benzene rings is 1. The lowest BCUT2D eigenvalue weighted by Gasteiger charge is -2.27. The van der Waals surface area contributed by atoms with E-state index >= 15 is 0 Å². The van der Waals surface area contributed by atoms with Gasteiger partial charge in [0, 0.05) is 49.0 Å². The van der Waals surface area contributed by atoms with Crippen molar-refractivity contribution in [2.75, 3.05) is 26.2 Å². The summed E-state index contributed by atoms with van der Waals surface area (Å²) in [6.45, 7) is -4.66. The highest BCUT2D eigenvalue weighted by atomic mass is 31.3. The van der Waals surface area contributed by atoms with Crippen molar-refractivity contribution in [2.24, 2.45) is 0 Å². The number of hydrogen-bond donors (Lipinski definition) is 20. The Labute approximate surface area is 623 Å². The molecular weight excluding hydrogens is 1570 g/mol. The van der Waals surface area contributed by atoms with Crippen molar-refractivity contribution < 1.29 is 170 Å². The monoisotopic (exact) mass is 1670 g/mol. The minimum atomic E-state index is -6.03. The second-order valence-electron chi connectivity index (χ2n) is 23.2. The molecule has 8 heterocycles. The van der Waals surface area contributed by atoms with Gasteiger partial charge in [-0.1, -0.05) is 33.1 Å². The van der Waals surface area contributed by atoms with Crippen molar-refractivity contribution in [3.05, 3.63) is 163 Å². The summed E-state index contributed by atoms with van der Waals surface area (Å²) in [6, 6.07) is 3.49. The number of nitrogens with one attached hydrogen (secondary N) is 5. The molecule has 0 radical (unpaired) electrons. The van der Waals surface area contributed by atoms with Gasteiger partial charge in [-0.3, -0.25) is 75.7 Å². The number of hydrogen-bond acceptors (Lipinski definition) is 34. The van der Waals surface area contributed by atoms with Crippen molar-refractivity contribution in [2.45, 2.75) is 172 Å². The second kappa shape index (κ2) is 36.7. The number of aromatic amines is 4. The fourth-order valence-corrected chi connectivity index (χ4v) is 13.7. The first kappa shape index (κ1) is 75.4. The predicted octanol–water partition coefficient (Wildman–Crippen LogP) is -4.97. The van der Waals surface area contributed by atoms with Crippen LogP contribution in [0.2, 0.25) is 0 Å². The smallest absolute Gasteiger partial charge is 0.462 e. The first-order valence-electron chi connectivity index (χ1n) is 35.1. The number of carbonyl (C=O) groups is 1. The van der Waals surface area contributed by atoms with E-state index in [2.05, 4.69) is 22.8 Å². The van der Waals surface area contributed by atoms with Crippen LogP contribution in [0, 0.1) is 0 Å².